The first-order chi connectivity index (χ1) is 7.90. The number of nitrogens with two attached hydrogens (primary N) is 1. The fraction of sp³-hybridized carbons (Fsp3) is 1.00. The second kappa shape index (κ2) is 6.61. The minimum atomic E-state index is 0.866. The minimum absolute atomic E-state index is 0.866. The van der Waals surface area contributed by atoms with E-state index in [0.717, 1.165) is 18.4 Å². The Kier molecular flexibility index (Phi) is 5.11. The van der Waals surface area contributed by atoms with Crippen molar-refractivity contribution in [3.05, 3.63) is 0 Å². The number of likely N-dealkylation sites (tertiary alicyclic amines) is 1. The van der Waals surface area contributed by atoms with E-state index in [9.17, 15) is 0 Å². The molecule has 1 saturated heterocycles. The quantitative estimate of drug-likeness (QED) is 0.727. The molecular formula is C14H28N2. The van der Waals surface area contributed by atoms with Gasteiger partial charge < -0.3 is 10.6 Å². The number of nitrogens with zero attached hydrogens (tertiary/aromatic N) is 1. The first-order valence-electron chi connectivity index (χ1n) is 7.32. The molecule has 0 radical (unpaired) electrons. The van der Waals surface area contributed by atoms with E-state index in [1.54, 1.807) is 0 Å². The molecule has 2 atom stereocenters. The topological polar surface area (TPSA) is 29.3 Å². The monoisotopic (exact) mass is 224 g/mol. The fourth-order valence-corrected chi connectivity index (χ4v) is 3.54. The van der Waals surface area contributed by atoms with Crippen LogP contribution in [0.3, 0.4) is 0 Å². The third-order valence-electron chi connectivity index (χ3n) is 4.55. The summed E-state index contributed by atoms with van der Waals surface area (Å²) in [6.07, 6.45) is 11.4. The molecule has 2 aliphatic rings. The molecule has 2 fully saturated rings. The summed E-state index contributed by atoms with van der Waals surface area (Å²) in [6.45, 7) is 4.95. The van der Waals surface area contributed by atoms with Gasteiger partial charge in [-0.2, -0.15) is 0 Å². The van der Waals surface area contributed by atoms with Gasteiger partial charge in [0, 0.05) is 6.54 Å². The van der Waals surface area contributed by atoms with E-state index >= 15 is 0 Å². The summed E-state index contributed by atoms with van der Waals surface area (Å²) in [5, 5.41) is 0. The van der Waals surface area contributed by atoms with Crippen LogP contribution in [0.5, 0.6) is 0 Å². The standard InChI is InChI=1S/C14H28N2/c15-9-4-1-5-10-16-11-8-13-6-2-3-7-14(13)12-16/h13-14H,1-12,15H2/t13-,14+/m0/s1. The van der Waals surface area contributed by atoms with E-state index in [1.165, 1.54) is 71.0 Å². The zero-order valence-corrected chi connectivity index (χ0v) is 10.7. The molecule has 0 spiro atoms. The maximum absolute atomic E-state index is 5.52. The first-order valence-corrected chi connectivity index (χ1v) is 7.32. The Morgan fingerprint density at radius 2 is 1.75 bits per heavy atom. The second-order valence-corrected chi connectivity index (χ2v) is 5.74. The van der Waals surface area contributed by atoms with Crippen LogP contribution in [0.1, 0.15) is 51.4 Å². The lowest BCUT2D eigenvalue weighted by molar-refractivity contribution is 0.0857. The molecular weight excluding hydrogens is 196 g/mol. The highest BCUT2D eigenvalue weighted by Crippen LogP contribution is 2.35. The molecule has 2 N–H and O–H groups in total. The van der Waals surface area contributed by atoms with Gasteiger partial charge in [-0.1, -0.05) is 25.7 Å². The van der Waals surface area contributed by atoms with E-state index in [-0.39, 0.29) is 0 Å². The average Bonchev–Trinajstić information content (AvgIpc) is 2.34. The molecule has 1 heterocycles. The first kappa shape index (κ1) is 12.4. The van der Waals surface area contributed by atoms with Crippen LogP contribution in [0.25, 0.3) is 0 Å². The Labute approximate surface area is 101 Å². The molecule has 1 saturated carbocycles. The molecule has 2 heteroatoms. The summed E-state index contributed by atoms with van der Waals surface area (Å²) in [7, 11) is 0. The van der Waals surface area contributed by atoms with Crippen molar-refractivity contribution in [2.24, 2.45) is 17.6 Å². The number of fused-ring (bicyclic) bond motifs is 1. The Balaban J connectivity index is 1.65. The van der Waals surface area contributed by atoms with Gasteiger partial charge in [-0.25, -0.2) is 0 Å². The molecule has 16 heavy (non-hydrogen) atoms. The molecule has 2 nitrogen and oxygen atoms in total. The zero-order chi connectivity index (χ0) is 11.2. The summed E-state index contributed by atoms with van der Waals surface area (Å²) >= 11 is 0. The third kappa shape index (κ3) is 3.46. The van der Waals surface area contributed by atoms with Crippen molar-refractivity contribution >= 4 is 0 Å². The lowest BCUT2D eigenvalue weighted by Gasteiger charge is -2.41. The van der Waals surface area contributed by atoms with Gasteiger partial charge in [0.1, 0.15) is 0 Å². The Morgan fingerprint density at radius 3 is 2.56 bits per heavy atom. The van der Waals surface area contributed by atoms with Gasteiger partial charge in [-0.3, -0.25) is 0 Å². The van der Waals surface area contributed by atoms with Crippen LogP contribution in [-0.2, 0) is 0 Å². The van der Waals surface area contributed by atoms with Gasteiger partial charge in [-0.15, -0.1) is 0 Å². The van der Waals surface area contributed by atoms with Crippen LogP contribution in [-0.4, -0.2) is 31.1 Å². The highest BCUT2D eigenvalue weighted by atomic mass is 15.1. The third-order valence-corrected chi connectivity index (χ3v) is 4.55. The minimum Gasteiger partial charge on any atom is -0.330 e. The largest absolute Gasteiger partial charge is 0.330 e. The molecule has 0 unspecified atom stereocenters. The summed E-state index contributed by atoms with van der Waals surface area (Å²) in [5.41, 5.74) is 5.52. The maximum Gasteiger partial charge on any atom is 0.00123 e. The van der Waals surface area contributed by atoms with Crippen molar-refractivity contribution in [1.29, 1.82) is 0 Å². The summed E-state index contributed by atoms with van der Waals surface area (Å²) in [4.78, 5) is 2.71. The van der Waals surface area contributed by atoms with Crippen molar-refractivity contribution in [1.82, 2.24) is 4.90 Å². The van der Waals surface area contributed by atoms with Crippen molar-refractivity contribution in [3.63, 3.8) is 0 Å². The van der Waals surface area contributed by atoms with Gasteiger partial charge in [0.2, 0.25) is 0 Å². The van der Waals surface area contributed by atoms with Gasteiger partial charge in [0.05, 0.1) is 0 Å². The second-order valence-electron chi connectivity index (χ2n) is 5.74. The average molecular weight is 224 g/mol. The number of piperidine rings is 1. The predicted octanol–water partition coefficient (Wildman–Crippen LogP) is 2.63. The Morgan fingerprint density at radius 1 is 0.938 bits per heavy atom. The molecule has 0 amide bonds. The van der Waals surface area contributed by atoms with E-state index in [4.69, 9.17) is 5.73 Å². The Bertz CT molecular complexity index is 193. The van der Waals surface area contributed by atoms with Crippen LogP contribution in [0.15, 0.2) is 0 Å². The van der Waals surface area contributed by atoms with Crippen LogP contribution >= 0.6 is 0 Å². The van der Waals surface area contributed by atoms with Crippen molar-refractivity contribution in [3.8, 4) is 0 Å². The predicted molar refractivity (Wildman–Crippen MR) is 69.4 cm³/mol. The molecule has 94 valence electrons. The van der Waals surface area contributed by atoms with Gasteiger partial charge >= 0.3 is 0 Å². The number of rotatable bonds is 5. The highest BCUT2D eigenvalue weighted by Gasteiger charge is 2.30. The summed E-state index contributed by atoms with van der Waals surface area (Å²) < 4.78 is 0. The lowest BCUT2D eigenvalue weighted by atomic mass is 9.75. The molecule has 0 aromatic rings. The van der Waals surface area contributed by atoms with Crippen molar-refractivity contribution in [2.75, 3.05) is 26.2 Å². The molecule has 0 aromatic carbocycles. The lowest BCUT2D eigenvalue weighted by Crippen LogP contribution is -2.42. The van der Waals surface area contributed by atoms with Crippen LogP contribution in [0.2, 0.25) is 0 Å². The highest BCUT2D eigenvalue weighted by molar-refractivity contribution is 4.83. The smallest absolute Gasteiger partial charge is 0.00123 e. The van der Waals surface area contributed by atoms with Crippen molar-refractivity contribution in [2.45, 2.75) is 51.4 Å². The van der Waals surface area contributed by atoms with Gasteiger partial charge in [0.25, 0.3) is 0 Å². The molecule has 0 bridgehead atoms. The van der Waals surface area contributed by atoms with Crippen LogP contribution in [0, 0.1) is 11.8 Å². The Hall–Kier alpha value is -0.0800. The van der Waals surface area contributed by atoms with E-state index in [0.29, 0.717) is 0 Å². The van der Waals surface area contributed by atoms with Gasteiger partial charge in [0.15, 0.2) is 0 Å². The van der Waals surface area contributed by atoms with Gasteiger partial charge in [-0.05, 0) is 57.2 Å². The molecule has 2 rings (SSSR count). The summed E-state index contributed by atoms with van der Waals surface area (Å²) in [5.74, 6) is 2.12. The van der Waals surface area contributed by atoms with E-state index in [1.807, 2.05) is 0 Å². The maximum atomic E-state index is 5.52. The SMILES string of the molecule is NCCCCCN1CC[C@@H]2CCCC[C@@H]2C1. The van der Waals surface area contributed by atoms with Crippen LogP contribution in [0.4, 0.5) is 0 Å². The molecule has 1 aliphatic heterocycles. The number of hydrogen-bond donors (Lipinski definition) is 1. The summed E-state index contributed by atoms with van der Waals surface area (Å²) in [6, 6.07) is 0. The molecule has 0 aromatic heterocycles. The van der Waals surface area contributed by atoms with Crippen LogP contribution < -0.4 is 5.73 Å². The zero-order valence-electron chi connectivity index (χ0n) is 10.7. The number of hydrogen-bond acceptors (Lipinski definition) is 2. The van der Waals surface area contributed by atoms with Crippen molar-refractivity contribution < 1.29 is 0 Å². The number of unbranched alkanes of at least 4 members (excludes halogenated alkanes) is 2. The normalized spacial score (nSPS) is 31.3. The fourth-order valence-electron chi connectivity index (χ4n) is 3.54. The molecule has 1 aliphatic carbocycles. The van der Waals surface area contributed by atoms with E-state index in [2.05, 4.69) is 4.90 Å². The van der Waals surface area contributed by atoms with E-state index < -0.39 is 0 Å².